The molecule has 0 unspecified atom stereocenters. The van der Waals surface area contributed by atoms with Crippen LogP contribution in [0.1, 0.15) is 13.3 Å². The Bertz CT molecular complexity index is 285. The van der Waals surface area contributed by atoms with Crippen molar-refractivity contribution >= 4 is 23.2 Å². The average Bonchev–Trinajstić information content (AvgIpc) is 2.52. The Hall–Kier alpha value is -1.03. The number of carbonyl (C=O) groups excluding carboxylic acids is 1. The van der Waals surface area contributed by atoms with Gasteiger partial charge in [-0.15, -0.1) is 11.6 Å². The Morgan fingerprint density at radius 1 is 1.77 bits per heavy atom. The molecule has 0 aliphatic carbocycles. The van der Waals surface area contributed by atoms with Crippen LogP contribution in [0, 0.1) is 0 Å². The van der Waals surface area contributed by atoms with Gasteiger partial charge in [-0.25, -0.2) is 0 Å². The molecule has 0 bridgehead atoms. The van der Waals surface area contributed by atoms with E-state index in [0.717, 1.165) is 12.2 Å². The van der Waals surface area contributed by atoms with Gasteiger partial charge in [0.05, 0.1) is 11.9 Å². The van der Waals surface area contributed by atoms with E-state index in [2.05, 4.69) is 10.4 Å². The SMILES string of the molecule is CCn1cc(NC(=O)CCCl)cn1. The van der Waals surface area contributed by atoms with Crippen LogP contribution in [0.2, 0.25) is 0 Å². The normalized spacial score (nSPS) is 10.0. The Kier molecular flexibility index (Phi) is 3.76. The summed E-state index contributed by atoms with van der Waals surface area (Å²) >= 11 is 5.41. The van der Waals surface area contributed by atoms with E-state index < -0.39 is 0 Å². The van der Waals surface area contributed by atoms with Gasteiger partial charge in [0, 0.05) is 25.0 Å². The zero-order chi connectivity index (χ0) is 9.68. The minimum Gasteiger partial charge on any atom is -0.323 e. The number of rotatable bonds is 4. The molecule has 1 rings (SSSR count). The van der Waals surface area contributed by atoms with Crippen molar-refractivity contribution < 1.29 is 4.79 Å². The largest absolute Gasteiger partial charge is 0.323 e. The van der Waals surface area contributed by atoms with E-state index in [0.29, 0.717) is 12.3 Å². The van der Waals surface area contributed by atoms with E-state index in [9.17, 15) is 4.79 Å². The molecule has 0 radical (unpaired) electrons. The molecule has 0 aliphatic rings. The highest BCUT2D eigenvalue weighted by molar-refractivity contribution is 6.19. The number of carbonyl (C=O) groups is 1. The van der Waals surface area contributed by atoms with E-state index in [-0.39, 0.29) is 5.91 Å². The lowest BCUT2D eigenvalue weighted by Gasteiger charge is -1.98. The van der Waals surface area contributed by atoms with Crippen LogP contribution in [0.15, 0.2) is 12.4 Å². The molecule has 0 saturated carbocycles. The highest BCUT2D eigenvalue weighted by atomic mass is 35.5. The number of hydrogen-bond acceptors (Lipinski definition) is 2. The van der Waals surface area contributed by atoms with E-state index in [1.165, 1.54) is 0 Å². The van der Waals surface area contributed by atoms with Crippen LogP contribution in [-0.4, -0.2) is 21.6 Å². The van der Waals surface area contributed by atoms with Crippen molar-refractivity contribution in [2.45, 2.75) is 19.9 Å². The summed E-state index contributed by atoms with van der Waals surface area (Å²) in [5.74, 6) is 0.263. The number of amides is 1. The van der Waals surface area contributed by atoms with E-state index in [1.54, 1.807) is 17.1 Å². The first-order chi connectivity index (χ1) is 6.26. The van der Waals surface area contributed by atoms with Crippen LogP contribution < -0.4 is 5.32 Å². The first kappa shape index (κ1) is 10.1. The van der Waals surface area contributed by atoms with Crippen molar-refractivity contribution in [1.29, 1.82) is 0 Å². The molecule has 1 amide bonds. The molecule has 0 aromatic carbocycles. The third kappa shape index (κ3) is 3.06. The number of nitrogens with zero attached hydrogens (tertiary/aromatic N) is 2. The first-order valence-electron chi connectivity index (χ1n) is 4.14. The van der Waals surface area contributed by atoms with Crippen LogP contribution >= 0.6 is 11.6 Å². The monoisotopic (exact) mass is 201 g/mol. The predicted octanol–water partition coefficient (Wildman–Crippen LogP) is 1.47. The topological polar surface area (TPSA) is 46.9 Å². The second-order valence-corrected chi connectivity index (χ2v) is 2.95. The lowest BCUT2D eigenvalue weighted by atomic mass is 10.4. The van der Waals surface area contributed by atoms with Crippen molar-refractivity contribution in [2.24, 2.45) is 0 Å². The van der Waals surface area contributed by atoms with Crippen molar-refractivity contribution in [2.75, 3.05) is 11.2 Å². The molecular formula is C8H12ClN3O. The lowest BCUT2D eigenvalue weighted by molar-refractivity contribution is -0.115. The summed E-state index contributed by atoms with van der Waals surface area (Å²) in [5.41, 5.74) is 0.719. The van der Waals surface area contributed by atoms with Crippen LogP contribution in [0.4, 0.5) is 5.69 Å². The highest BCUT2D eigenvalue weighted by Crippen LogP contribution is 2.05. The molecule has 0 spiro atoms. The van der Waals surface area contributed by atoms with Crippen LogP contribution in [0.3, 0.4) is 0 Å². The summed E-state index contributed by atoms with van der Waals surface area (Å²) in [6.07, 6.45) is 3.74. The molecule has 72 valence electrons. The zero-order valence-corrected chi connectivity index (χ0v) is 8.21. The fourth-order valence-corrected chi connectivity index (χ4v) is 1.08. The summed E-state index contributed by atoms with van der Waals surface area (Å²) in [6, 6.07) is 0. The summed E-state index contributed by atoms with van der Waals surface area (Å²) in [7, 11) is 0. The number of aromatic nitrogens is 2. The maximum absolute atomic E-state index is 11.1. The van der Waals surface area contributed by atoms with Crippen molar-refractivity contribution in [1.82, 2.24) is 9.78 Å². The summed E-state index contributed by atoms with van der Waals surface area (Å²) in [4.78, 5) is 11.1. The highest BCUT2D eigenvalue weighted by Gasteiger charge is 2.02. The van der Waals surface area contributed by atoms with E-state index >= 15 is 0 Å². The van der Waals surface area contributed by atoms with Crippen molar-refractivity contribution in [3.63, 3.8) is 0 Å². The van der Waals surface area contributed by atoms with Crippen LogP contribution in [-0.2, 0) is 11.3 Å². The maximum atomic E-state index is 11.1. The number of hydrogen-bond donors (Lipinski definition) is 1. The smallest absolute Gasteiger partial charge is 0.225 e. The van der Waals surface area contributed by atoms with Gasteiger partial charge in [0.2, 0.25) is 5.91 Å². The summed E-state index contributed by atoms with van der Waals surface area (Å²) in [6.45, 7) is 2.78. The third-order valence-electron chi connectivity index (χ3n) is 1.56. The van der Waals surface area contributed by atoms with Gasteiger partial charge in [-0.2, -0.15) is 5.10 Å². The minimum absolute atomic E-state index is 0.0781. The van der Waals surface area contributed by atoms with Gasteiger partial charge in [0.15, 0.2) is 0 Å². The number of aryl methyl sites for hydroxylation is 1. The van der Waals surface area contributed by atoms with Gasteiger partial charge in [-0.1, -0.05) is 0 Å². The Labute approximate surface area is 81.9 Å². The van der Waals surface area contributed by atoms with Crippen LogP contribution in [0.5, 0.6) is 0 Å². The maximum Gasteiger partial charge on any atom is 0.225 e. The number of halogens is 1. The zero-order valence-electron chi connectivity index (χ0n) is 7.46. The molecule has 0 aliphatic heterocycles. The number of alkyl halides is 1. The standard InChI is InChI=1S/C8H12ClN3O/c1-2-12-6-7(5-10-12)11-8(13)3-4-9/h5-6H,2-4H2,1H3,(H,11,13). The Morgan fingerprint density at radius 2 is 2.54 bits per heavy atom. The van der Waals surface area contributed by atoms with Crippen molar-refractivity contribution in [3.8, 4) is 0 Å². The van der Waals surface area contributed by atoms with Crippen molar-refractivity contribution in [3.05, 3.63) is 12.4 Å². The summed E-state index contributed by atoms with van der Waals surface area (Å²) < 4.78 is 1.75. The van der Waals surface area contributed by atoms with Gasteiger partial charge in [0.1, 0.15) is 0 Å². The fraction of sp³-hybridized carbons (Fsp3) is 0.500. The first-order valence-corrected chi connectivity index (χ1v) is 4.68. The molecule has 13 heavy (non-hydrogen) atoms. The van der Waals surface area contributed by atoms with Crippen LogP contribution in [0.25, 0.3) is 0 Å². The van der Waals surface area contributed by atoms with E-state index in [1.807, 2.05) is 6.92 Å². The minimum atomic E-state index is -0.0781. The van der Waals surface area contributed by atoms with Gasteiger partial charge in [-0.3, -0.25) is 9.48 Å². The quantitative estimate of drug-likeness (QED) is 0.750. The second-order valence-electron chi connectivity index (χ2n) is 2.57. The fourth-order valence-electron chi connectivity index (χ4n) is 0.910. The lowest BCUT2D eigenvalue weighted by Crippen LogP contribution is -2.10. The van der Waals surface area contributed by atoms with Gasteiger partial charge in [0.25, 0.3) is 0 Å². The van der Waals surface area contributed by atoms with Gasteiger partial charge in [-0.05, 0) is 6.92 Å². The summed E-state index contributed by atoms with van der Waals surface area (Å²) in [5, 5.41) is 6.71. The Balaban J connectivity index is 2.49. The predicted molar refractivity (Wildman–Crippen MR) is 51.9 cm³/mol. The second kappa shape index (κ2) is 4.87. The molecule has 1 N–H and O–H groups in total. The number of anilines is 1. The molecule has 1 aromatic heterocycles. The molecule has 0 saturated heterocycles. The number of nitrogens with one attached hydrogen (secondary N) is 1. The average molecular weight is 202 g/mol. The molecule has 0 fully saturated rings. The molecule has 4 nitrogen and oxygen atoms in total. The molecule has 1 aromatic rings. The molecule has 1 heterocycles. The van der Waals surface area contributed by atoms with Gasteiger partial charge >= 0.3 is 0 Å². The molecule has 0 atom stereocenters. The molecule has 5 heteroatoms. The van der Waals surface area contributed by atoms with E-state index in [4.69, 9.17) is 11.6 Å². The van der Waals surface area contributed by atoms with Gasteiger partial charge < -0.3 is 5.32 Å². The molecular weight excluding hydrogens is 190 g/mol. The Morgan fingerprint density at radius 3 is 3.08 bits per heavy atom. The third-order valence-corrected chi connectivity index (χ3v) is 1.75.